The van der Waals surface area contributed by atoms with Crippen molar-refractivity contribution < 1.29 is 22.8 Å². The van der Waals surface area contributed by atoms with Crippen molar-refractivity contribution in [2.24, 2.45) is 0 Å². The summed E-state index contributed by atoms with van der Waals surface area (Å²) in [6.45, 7) is 3.09. The SMILES string of the molecule is CC(=O)N(CCC(=O)Nc1cccc(Cl)c1C)c1ccc(C(F)(F)F)cc1. The average molecular weight is 399 g/mol. The monoisotopic (exact) mass is 398 g/mol. The molecule has 4 nitrogen and oxygen atoms in total. The molecule has 0 radical (unpaired) electrons. The minimum absolute atomic E-state index is 0.0213. The van der Waals surface area contributed by atoms with E-state index in [1.165, 1.54) is 24.0 Å². The van der Waals surface area contributed by atoms with Gasteiger partial charge in [0.05, 0.1) is 5.56 Å². The zero-order valence-corrected chi connectivity index (χ0v) is 15.5. The van der Waals surface area contributed by atoms with Gasteiger partial charge in [-0.2, -0.15) is 13.2 Å². The second-order valence-corrected chi connectivity index (χ2v) is 6.33. The van der Waals surface area contributed by atoms with E-state index in [4.69, 9.17) is 11.6 Å². The lowest BCUT2D eigenvalue weighted by molar-refractivity contribution is -0.137. The molecule has 0 spiro atoms. The molecule has 27 heavy (non-hydrogen) atoms. The first-order valence-electron chi connectivity index (χ1n) is 8.10. The van der Waals surface area contributed by atoms with E-state index in [-0.39, 0.29) is 24.8 Å². The molecule has 0 saturated heterocycles. The third-order valence-electron chi connectivity index (χ3n) is 3.99. The Labute approximate surface area is 159 Å². The summed E-state index contributed by atoms with van der Waals surface area (Å²) in [5.74, 6) is -0.708. The standard InChI is InChI=1S/C19H18ClF3N2O2/c1-12-16(20)4-3-5-17(12)24-18(27)10-11-25(13(2)26)15-8-6-14(7-9-15)19(21,22)23/h3-9H,10-11H2,1-2H3,(H,24,27). The third-order valence-corrected chi connectivity index (χ3v) is 4.40. The van der Waals surface area contributed by atoms with Crippen LogP contribution in [0.15, 0.2) is 42.5 Å². The number of halogens is 4. The van der Waals surface area contributed by atoms with Gasteiger partial charge in [0.1, 0.15) is 0 Å². The molecule has 2 rings (SSSR count). The highest BCUT2D eigenvalue weighted by Crippen LogP contribution is 2.30. The first kappa shape index (κ1) is 20.8. The van der Waals surface area contributed by atoms with Gasteiger partial charge in [0.2, 0.25) is 11.8 Å². The van der Waals surface area contributed by atoms with Crippen LogP contribution in [0.5, 0.6) is 0 Å². The van der Waals surface area contributed by atoms with E-state index < -0.39 is 11.7 Å². The Morgan fingerprint density at radius 1 is 1.11 bits per heavy atom. The number of rotatable bonds is 5. The summed E-state index contributed by atoms with van der Waals surface area (Å²) in [5.41, 5.74) is 0.779. The van der Waals surface area contributed by atoms with Crippen molar-refractivity contribution in [3.8, 4) is 0 Å². The van der Waals surface area contributed by atoms with Gasteiger partial charge in [-0.05, 0) is 48.9 Å². The van der Waals surface area contributed by atoms with E-state index in [9.17, 15) is 22.8 Å². The van der Waals surface area contributed by atoms with Crippen LogP contribution in [0, 0.1) is 6.92 Å². The molecular weight excluding hydrogens is 381 g/mol. The van der Waals surface area contributed by atoms with Gasteiger partial charge in [-0.1, -0.05) is 17.7 Å². The van der Waals surface area contributed by atoms with Crippen molar-refractivity contribution in [2.75, 3.05) is 16.8 Å². The minimum atomic E-state index is -4.45. The van der Waals surface area contributed by atoms with Gasteiger partial charge in [-0.15, -0.1) is 0 Å². The molecule has 0 aliphatic carbocycles. The number of nitrogens with zero attached hydrogens (tertiary/aromatic N) is 1. The maximum atomic E-state index is 12.7. The van der Waals surface area contributed by atoms with Crippen molar-refractivity contribution in [2.45, 2.75) is 26.4 Å². The van der Waals surface area contributed by atoms with E-state index in [0.717, 1.165) is 17.7 Å². The van der Waals surface area contributed by atoms with Crippen LogP contribution < -0.4 is 10.2 Å². The largest absolute Gasteiger partial charge is 0.416 e. The molecule has 0 aliphatic rings. The van der Waals surface area contributed by atoms with Crippen LogP contribution in [0.4, 0.5) is 24.5 Å². The number of alkyl halides is 3. The molecule has 0 heterocycles. The van der Waals surface area contributed by atoms with Crippen molar-refractivity contribution >= 4 is 34.8 Å². The summed E-state index contributed by atoms with van der Waals surface area (Å²) in [7, 11) is 0. The minimum Gasteiger partial charge on any atom is -0.326 e. The highest BCUT2D eigenvalue weighted by atomic mass is 35.5. The van der Waals surface area contributed by atoms with Crippen molar-refractivity contribution in [1.82, 2.24) is 0 Å². The van der Waals surface area contributed by atoms with E-state index in [1.54, 1.807) is 25.1 Å². The Balaban J connectivity index is 2.05. The summed E-state index contributed by atoms with van der Waals surface area (Å²) in [6, 6.07) is 9.34. The fourth-order valence-electron chi connectivity index (χ4n) is 2.47. The summed E-state index contributed by atoms with van der Waals surface area (Å²) < 4.78 is 38.0. The van der Waals surface area contributed by atoms with Crippen LogP contribution in [0.2, 0.25) is 5.02 Å². The molecule has 144 valence electrons. The van der Waals surface area contributed by atoms with E-state index >= 15 is 0 Å². The first-order chi connectivity index (χ1) is 12.6. The smallest absolute Gasteiger partial charge is 0.326 e. The number of benzene rings is 2. The Bertz CT molecular complexity index is 836. The molecule has 0 saturated carbocycles. The van der Waals surface area contributed by atoms with Crippen molar-refractivity contribution in [3.63, 3.8) is 0 Å². The fraction of sp³-hybridized carbons (Fsp3) is 0.263. The quantitative estimate of drug-likeness (QED) is 0.766. The van der Waals surface area contributed by atoms with E-state index in [1.807, 2.05) is 0 Å². The van der Waals surface area contributed by atoms with Crippen molar-refractivity contribution in [3.05, 3.63) is 58.6 Å². The van der Waals surface area contributed by atoms with Crippen LogP contribution in [0.25, 0.3) is 0 Å². The van der Waals surface area contributed by atoms with Gasteiger partial charge in [-0.3, -0.25) is 9.59 Å². The molecule has 0 aliphatic heterocycles. The molecule has 0 unspecified atom stereocenters. The molecule has 2 aromatic rings. The summed E-state index contributed by atoms with van der Waals surface area (Å²) in [5, 5.41) is 3.23. The van der Waals surface area contributed by atoms with Crippen LogP contribution in [0.3, 0.4) is 0 Å². The Kier molecular flexibility index (Phi) is 6.49. The molecule has 1 N–H and O–H groups in total. The number of amides is 2. The Hall–Kier alpha value is -2.54. The summed E-state index contributed by atoms with van der Waals surface area (Å²) in [6.07, 6.45) is -4.47. The summed E-state index contributed by atoms with van der Waals surface area (Å²) >= 11 is 6.01. The number of nitrogens with one attached hydrogen (secondary N) is 1. The third kappa shape index (κ3) is 5.47. The average Bonchev–Trinajstić information content (AvgIpc) is 2.58. The predicted molar refractivity (Wildman–Crippen MR) is 98.9 cm³/mol. The van der Waals surface area contributed by atoms with Crippen LogP contribution in [-0.4, -0.2) is 18.4 Å². The topological polar surface area (TPSA) is 49.4 Å². The lowest BCUT2D eigenvalue weighted by Gasteiger charge is -2.21. The molecule has 0 aromatic heterocycles. The summed E-state index contributed by atoms with van der Waals surface area (Å²) in [4.78, 5) is 25.3. The highest BCUT2D eigenvalue weighted by Gasteiger charge is 2.30. The zero-order chi connectivity index (χ0) is 20.2. The van der Waals surface area contributed by atoms with Crippen LogP contribution >= 0.6 is 11.6 Å². The first-order valence-corrected chi connectivity index (χ1v) is 8.47. The molecule has 0 bridgehead atoms. The van der Waals surface area contributed by atoms with Crippen LogP contribution in [-0.2, 0) is 15.8 Å². The Morgan fingerprint density at radius 2 is 1.74 bits per heavy atom. The van der Waals surface area contributed by atoms with Gasteiger partial charge in [0, 0.05) is 36.3 Å². The lowest BCUT2D eigenvalue weighted by Crippen LogP contribution is -2.32. The molecule has 0 atom stereocenters. The number of hydrogen-bond acceptors (Lipinski definition) is 2. The van der Waals surface area contributed by atoms with Gasteiger partial charge in [0.15, 0.2) is 0 Å². The molecule has 8 heteroatoms. The zero-order valence-electron chi connectivity index (χ0n) is 14.7. The molecular formula is C19H18ClF3N2O2. The molecule has 0 fully saturated rings. The van der Waals surface area contributed by atoms with E-state index in [2.05, 4.69) is 5.32 Å². The number of carbonyl (C=O) groups excluding carboxylic acids is 2. The number of hydrogen-bond donors (Lipinski definition) is 1. The van der Waals surface area contributed by atoms with Crippen LogP contribution in [0.1, 0.15) is 24.5 Å². The maximum Gasteiger partial charge on any atom is 0.416 e. The number of anilines is 2. The van der Waals surface area contributed by atoms with Gasteiger partial charge in [0.25, 0.3) is 0 Å². The molecule has 2 amide bonds. The Morgan fingerprint density at radius 3 is 2.30 bits per heavy atom. The predicted octanol–water partition coefficient (Wildman–Crippen LogP) is 5.05. The molecule has 2 aromatic carbocycles. The van der Waals surface area contributed by atoms with Gasteiger partial charge in [-0.25, -0.2) is 0 Å². The normalized spacial score (nSPS) is 11.2. The highest BCUT2D eigenvalue weighted by molar-refractivity contribution is 6.31. The fourth-order valence-corrected chi connectivity index (χ4v) is 2.64. The maximum absolute atomic E-state index is 12.7. The second kappa shape index (κ2) is 8.43. The van der Waals surface area contributed by atoms with Crippen molar-refractivity contribution in [1.29, 1.82) is 0 Å². The van der Waals surface area contributed by atoms with E-state index in [0.29, 0.717) is 16.4 Å². The number of carbonyl (C=O) groups is 2. The van der Waals surface area contributed by atoms with Gasteiger partial charge < -0.3 is 10.2 Å². The lowest BCUT2D eigenvalue weighted by atomic mass is 10.1. The second-order valence-electron chi connectivity index (χ2n) is 5.93. The van der Waals surface area contributed by atoms with Gasteiger partial charge >= 0.3 is 6.18 Å².